The molecule has 2 N–H and O–H groups in total. The van der Waals surface area contributed by atoms with E-state index in [1.807, 2.05) is 17.0 Å². The molecule has 3 heterocycles. The third kappa shape index (κ3) is 5.64. The van der Waals surface area contributed by atoms with E-state index >= 15 is 0 Å². The number of piperazine rings is 1. The molecule has 0 atom stereocenters. The maximum absolute atomic E-state index is 13.8. The van der Waals surface area contributed by atoms with Crippen LogP contribution in [0, 0.1) is 26.7 Å². The standard InChI is InChI=1S/C30H43N5O3/c1-18(2)26-27(31-16-22-10-8-9-11-22)20(4)14-23(33-26)28(36)35-13-12-34(17-30(35,6)7)24-15-19(3)25(29(37)38)21(5)32-24/h14-15,18,22,31H,8-13,16-17H2,1-7H3,(H,37,38). The smallest absolute Gasteiger partial charge is 0.337 e. The highest BCUT2D eigenvalue weighted by atomic mass is 16.4. The molecular formula is C30H43N5O3. The van der Waals surface area contributed by atoms with Gasteiger partial charge in [-0.2, -0.15) is 0 Å². The number of carbonyl (C=O) groups is 2. The van der Waals surface area contributed by atoms with Crippen LogP contribution in [0.2, 0.25) is 0 Å². The Bertz CT molecular complexity index is 1190. The number of carboxylic acids is 1. The Hall–Kier alpha value is -3.16. The molecule has 0 spiro atoms. The Kier molecular flexibility index (Phi) is 8.00. The van der Waals surface area contributed by atoms with Gasteiger partial charge in [-0.05, 0) is 82.6 Å². The van der Waals surface area contributed by atoms with Gasteiger partial charge in [-0.3, -0.25) is 4.79 Å². The van der Waals surface area contributed by atoms with E-state index in [1.54, 1.807) is 13.8 Å². The highest BCUT2D eigenvalue weighted by molar-refractivity contribution is 5.94. The third-order valence-corrected chi connectivity index (χ3v) is 8.12. The molecule has 2 fully saturated rings. The van der Waals surface area contributed by atoms with Crippen molar-refractivity contribution in [1.29, 1.82) is 0 Å². The van der Waals surface area contributed by atoms with E-state index in [4.69, 9.17) is 4.98 Å². The van der Waals surface area contributed by atoms with Crippen LogP contribution in [0.3, 0.4) is 0 Å². The predicted molar refractivity (Wildman–Crippen MR) is 152 cm³/mol. The predicted octanol–water partition coefficient (Wildman–Crippen LogP) is 5.57. The second-order valence-corrected chi connectivity index (χ2v) is 12.0. The van der Waals surface area contributed by atoms with Crippen molar-refractivity contribution in [2.24, 2.45) is 5.92 Å². The fraction of sp³-hybridized carbons (Fsp3) is 0.600. The quantitative estimate of drug-likeness (QED) is 0.492. The first-order valence-electron chi connectivity index (χ1n) is 13.9. The molecule has 2 aliphatic rings. The molecule has 38 heavy (non-hydrogen) atoms. The van der Waals surface area contributed by atoms with Crippen molar-refractivity contribution in [3.8, 4) is 0 Å². The number of hydrogen-bond acceptors (Lipinski definition) is 6. The van der Waals surface area contributed by atoms with Crippen molar-refractivity contribution in [2.75, 3.05) is 36.4 Å². The molecule has 1 saturated carbocycles. The number of nitrogens with zero attached hydrogens (tertiary/aromatic N) is 4. The fourth-order valence-corrected chi connectivity index (χ4v) is 6.08. The SMILES string of the molecule is Cc1cc(C(=O)N2CCN(c3cc(C)c(C(=O)O)c(C)n3)CC2(C)C)nc(C(C)C)c1NCC1CCCC1. The summed E-state index contributed by atoms with van der Waals surface area (Å²) in [4.78, 5) is 39.0. The van der Waals surface area contributed by atoms with Gasteiger partial charge in [0.15, 0.2) is 0 Å². The van der Waals surface area contributed by atoms with Gasteiger partial charge in [-0.15, -0.1) is 0 Å². The minimum absolute atomic E-state index is 0.0523. The van der Waals surface area contributed by atoms with Gasteiger partial charge >= 0.3 is 5.97 Å². The Morgan fingerprint density at radius 1 is 1.08 bits per heavy atom. The lowest BCUT2D eigenvalue weighted by Gasteiger charge is -2.47. The monoisotopic (exact) mass is 521 g/mol. The number of aromatic carboxylic acids is 1. The van der Waals surface area contributed by atoms with Gasteiger partial charge in [-0.1, -0.05) is 26.7 Å². The Morgan fingerprint density at radius 2 is 1.76 bits per heavy atom. The Morgan fingerprint density at radius 3 is 2.34 bits per heavy atom. The topological polar surface area (TPSA) is 98.7 Å². The van der Waals surface area contributed by atoms with Crippen LogP contribution >= 0.6 is 0 Å². The third-order valence-electron chi connectivity index (χ3n) is 8.12. The maximum Gasteiger partial charge on any atom is 0.337 e. The number of carboxylic acid groups (broad SMARTS) is 1. The number of aryl methyl sites for hydroxylation is 3. The lowest BCUT2D eigenvalue weighted by Crippen LogP contribution is -2.61. The second-order valence-electron chi connectivity index (χ2n) is 12.0. The van der Waals surface area contributed by atoms with Gasteiger partial charge in [0.2, 0.25) is 0 Å². The van der Waals surface area contributed by atoms with Gasteiger partial charge in [-0.25, -0.2) is 14.8 Å². The highest BCUT2D eigenvalue weighted by Gasteiger charge is 2.38. The highest BCUT2D eigenvalue weighted by Crippen LogP contribution is 2.32. The first-order chi connectivity index (χ1) is 17.9. The number of rotatable bonds is 7. The number of aromatic nitrogens is 2. The van der Waals surface area contributed by atoms with Crippen LogP contribution in [0.4, 0.5) is 11.5 Å². The summed E-state index contributed by atoms with van der Waals surface area (Å²) in [7, 11) is 0. The average molecular weight is 522 g/mol. The van der Waals surface area contributed by atoms with Crippen molar-refractivity contribution in [3.05, 3.63) is 45.9 Å². The summed E-state index contributed by atoms with van der Waals surface area (Å²) in [5.41, 5.74) is 4.59. The van der Waals surface area contributed by atoms with E-state index < -0.39 is 11.5 Å². The number of pyridine rings is 2. The van der Waals surface area contributed by atoms with E-state index in [0.717, 1.165) is 35.2 Å². The molecule has 2 aromatic heterocycles. The molecule has 8 heteroatoms. The number of anilines is 2. The molecule has 4 rings (SSSR count). The molecule has 8 nitrogen and oxygen atoms in total. The van der Waals surface area contributed by atoms with Crippen LogP contribution in [0.25, 0.3) is 0 Å². The van der Waals surface area contributed by atoms with Gasteiger partial charge in [0.1, 0.15) is 11.5 Å². The summed E-state index contributed by atoms with van der Waals surface area (Å²) in [6.45, 7) is 16.7. The second kappa shape index (κ2) is 10.9. The van der Waals surface area contributed by atoms with E-state index in [-0.39, 0.29) is 17.4 Å². The largest absolute Gasteiger partial charge is 0.478 e. The molecule has 1 aliphatic heterocycles. The van der Waals surface area contributed by atoms with E-state index in [0.29, 0.717) is 36.6 Å². The van der Waals surface area contributed by atoms with E-state index in [1.165, 1.54) is 25.7 Å². The van der Waals surface area contributed by atoms with Crippen LogP contribution in [0.5, 0.6) is 0 Å². The Labute approximate surface area is 226 Å². The first kappa shape index (κ1) is 27.9. The van der Waals surface area contributed by atoms with Crippen molar-refractivity contribution >= 4 is 23.4 Å². The van der Waals surface area contributed by atoms with Gasteiger partial charge in [0.25, 0.3) is 5.91 Å². The average Bonchev–Trinajstić information content (AvgIpc) is 3.34. The van der Waals surface area contributed by atoms with Crippen LogP contribution in [0.1, 0.15) is 103 Å². The summed E-state index contributed by atoms with van der Waals surface area (Å²) in [6, 6.07) is 3.77. The van der Waals surface area contributed by atoms with Gasteiger partial charge in [0.05, 0.1) is 28.2 Å². The van der Waals surface area contributed by atoms with Crippen molar-refractivity contribution in [3.63, 3.8) is 0 Å². The van der Waals surface area contributed by atoms with Crippen LogP contribution in [0.15, 0.2) is 12.1 Å². The van der Waals surface area contributed by atoms with Crippen LogP contribution in [-0.4, -0.2) is 63.6 Å². The Balaban J connectivity index is 1.54. The minimum atomic E-state index is -0.960. The van der Waals surface area contributed by atoms with Gasteiger partial charge < -0.3 is 20.2 Å². The zero-order chi connectivity index (χ0) is 27.8. The molecule has 0 bridgehead atoms. The normalized spacial score (nSPS) is 17.8. The molecule has 1 aliphatic carbocycles. The number of carbonyl (C=O) groups excluding carboxylic acids is 1. The zero-order valence-electron chi connectivity index (χ0n) is 24.0. The molecule has 0 aromatic carbocycles. The minimum Gasteiger partial charge on any atom is -0.478 e. The lowest BCUT2D eigenvalue weighted by molar-refractivity contribution is 0.0506. The van der Waals surface area contributed by atoms with Crippen LogP contribution in [-0.2, 0) is 0 Å². The summed E-state index contributed by atoms with van der Waals surface area (Å²) < 4.78 is 0. The summed E-state index contributed by atoms with van der Waals surface area (Å²) in [5, 5.41) is 13.2. The number of nitrogens with one attached hydrogen (secondary N) is 1. The molecule has 0 radical (unpaired) electrons. The zero-order valence-corrected chi connectivity index (χ0v) is 24.0. The van der Waals surface area contributed by atoms with Crippen molar-refractivity contribution in [2.45, 2.75) is 85.6 Å². The maximum atomic E-state index is 13.8. The number of amides is 1. The molecule has 1 amide bonds. The summed E-state index contributed by atoms with van der Waals surface area (Å²) >= 11 is 0. The summed E-state index contributed by atoms with van der Waals surface area (Å²) in [5.74, 6) is 0.652. The van der Waals surface area contributed by atoms with Gasteiger partial charge in [0, 0.05) is 26.2 Å². The molecule has 206 valence electrons. The first-order valence-corrected chi connectivity index (χ1v) is 13.9. The van der Waals surface area contributed by atoms with E-state index in [2.05, 4.69) is 49.8 Å². The van der Waals surface area contributed by atoms with Crippen molar-refractivity contribution < 1.29 is 14.7 Å². The molecule has 0 unspecified atom stereocenters. The molecular weight excluding hydrogens is 478 g/mol. The van der Waals surface area contributed by atoms with Crippen molar-refractivity contribution in [1.82, 2.24) is 14.9 Å². The van der Waals surface area contributed by atoms with E-state index in [9.17, 15) is 14.7 Å². The lowest BCUT2D eigenvalue weighted by atomic mass is 9.97. The number of hydrogen-bond donors (Lipinski definition) is 2. The fourth-order valence-electron chi connectivity index (χ4n) is 6.08. The molecule has 2 aromatic rings. The summed E-state index contributed by atoms with van der Waals surface area (Å²) in [6.07, 6.45) is 5.21. The molecule has 1 saturated heterocycles. The van der Waals surface area contributed by atoms with Crippen LogP contribution < -0.4 is 10.2 Å².